The third-order valence-corrected chi connectivity index (χ3v) is 3.24. The number of para-hydroxylation sites is 1. The molecule has 96 valence electrons. The molecule has 2 aromatic rings. The number of aryl methyl sites for hydroxylation is 1. The molecular weight excluding hydrogens is 250 g/mol. The molecular formula is C13H16ClN3O. The Morgan fingerprint density at radius 1 is 1.28 bits per heavy atom. The molecule has 0 radical (unpaired) electrons. The van der Waals surface area contributed by atoms with Crippen molar-refractivity contribution in [2.24, 2.45) is 5.73 Å². The highest BCUT2D eigenvalue weighted by Crippen LogP contribution is 2.21. The second-order valence-corrected chi connectivity index (χ2v) is 4.50. The van der Waals surface area contributed by atoms with Gasteiger partial charge in [-0.25, -0.2) is 4.68 Å². The van der Waals surface area contributed by atoms with Crippen molar-refractivity contribution in [2.45, 2.75) is 19.4 Å². The summed E-state index contributed by atoms with van der Waals surface area (Å²) in [7, 11) is 0. The molecule has 4 nitrogen and oxygen atoms in total. The molecule has 0 aliphatic rings. The van der Waals surface area contributed by atoms with Crippen LogP contribution in [0.5, 0.6) is 5.75 Å². The minimum atomic E-state index is 0.257. The third kappa shape index (κ3) is 2.83. The number of nitrogens with zero attached hydrogens (tertiary/aromatic N) is 2. The molecule has 0 spiro atoms. The van der Waals surface area contributed by atoms with E-state index in [0.29, 0.717) is 18.2 Å². The van der Waals surface area contributed by atoms with Gasteiger partial charge in [-0.3, -0.25) is 0 Å². The molecule has 1 heterocycles. The predicted molar refractivity (Wildman–Crippen MR) is 71.8 cm³/mol. The number of phenols is 1. The van der Waals surface area contributed by atoms with Crippen LogP contribution < -0.4 is 5.73 Å². The Kier molecular flexibility index (Phi) is 4.23. The summed E-state index contributed by atoms with van der Waals surface area (Å²) < 4.78 is 1.68. The van der Waals surface area contributed by atoms with Crippen molar-refractivity contribution in [3.63, 3.8) is 0 Å². The second-order valence-electron chi connectivity index (χ2n) is 4.14. The number of benzene rings is 1. The molecule has 0 fully saturated rings. The van der Waals surface area contributed by atoms with Gasteiger partial charge in [-0.1, -0.05) is 29.8 Å². The van der Waals surface area contributed by atoms with Crippen LogP contribution in [-0.2, 0) is 13.0 Å². The fourth-order valence-corrected chi connectivity index (χ4v) is 2.03. The van der Waals surface area contributed by atoms with Gasteiger partial charge >= 0.3 is 0 Å². The Balaban J connectivity index is 2.15. The Hall–Kier alpha value is -1.52. The van der Waals surface area contributed by atoms with Crippen molar-refractivity contribution in [1.82, 2.24) is 9.78 Å². The minimum Gasteiger partial charge on any atom is -0.508 e. The Morgan fingerprint density at radius 3 is 2.78 bits per heavy atom. The van der Waals surface area contributed by atoms with E-state index < -0.39 is 0 Å². The number of nitrogens with two attached hydrogens (primary N) is 1. The van der Waals surface area contributed by atoms with E-state index in [2.05, 4.69) is 5.10 Å². The van der Waals surface area contributed by atoms with Crippen molar-refractivity contribution in [3.05, 3.63) is 46.7 Å². The third-order valence-electron chi connectivity index (χ3n) is 2.81. The molecule has 0 saturated heterocycles. The minimum absolute atomic E-state index is 0.257. The maximum atomic E-state index is 9.71. The van der Waals surface area contributed by atoms with Crippen LogP contribution in [0.15, 0.2) is 30.5 Å². The lowest BCUT2D eigenvalue weighted by Crippen LogP contribution is -2.03. The summed E-state index contributed by atoms with van der Waals surface area (Å²) in [4.78, 5) is 0. The van der Waals surface area contributed by atoms with E-state index in [-0.39, 0.29) is 5.75 Å². The van der Waals surface area contributed by atoms with E-state index >= 15 is 0 Å². The Labute approximate surface area is 111 Å². The van der Waals surface area contributed by atoms with Crippen molar-refractivity contribution in [1.29, 1.82) is 0 Å². The van der Waals surface area contributed by atoms with Crippen LogP contribution in [0.25, 0.3) is 0 Å². The van der Waals surface area contributed by atoms with E-state index in [1.165, 1.54) is 0 Å². The zero-order chi connectivity index (χ0) is 13.0. The van der Waals surface area contributed by atoms with Gasteiger partial charge in [0.05, 0.1) is 12.7 Å². The van der Waals surface area contributed by atoms with Gasteiger partial charge in [-0.15, -0.1) is 0 Å². The fourth-order valence-electron chi connectivity index (χ4n) is 1.79. The monoisotopic (exact) mass is 265 g/mol. The number of halogens is 1. The molecule has 0 unspecified atom stereocenters. The molecule has 1 aromatic heterocycles. The summed E-state index contributed by atoms with van der Waals surface area (Å²) in [5, 5.41) is 14.6. The first kappa shape index (κ1) is 12.9. The van der Waals surface area contributed by atoms with Gasteiger partial charge in [-0.05, 0) is 25.5 Å². The Bertz CT molecular complexity index is 525. The maximum Gasteiger partial charge on any atom is 0.130 e. The lowest BCUT2D eigenvalue weighted by Gasteiger charge is -2.06. The van der Waals surface area contributed by atoms with Crippen molar-refractivity contribution in [2.75, 3.05) is 6.54 Å². The highest BCUT2D eigenvalue weighted by Gasteiger charge is 2.09. The summed E-state index contributed by atoms with van der Waals surface area (Å²) in [6, 6.07) is 7.17. The largest absolute Gasteiger partial charge is 0.508 e. The standard InChI is InChI=1S/C13H16ClN3O/c14-13-10(5-3-7-15)8-16-17(13)9-11-4-1-2-6-12(11)18/h1-2,4,6,8,18H,3,5,7,9,15H2. The van der Waals surface area contributed by atoms with Crippen LogP contribution in [0.4, 0.5) is 0 Å². The summed E-state index contributed by atoms with van der Waals surface area (Å²) in [5.41, 5.74) is 7.27. The highest BCUT2D eigenvalue weighted by molar-refractivity contribution is 6.30. The summed E-state index contributed by atoms with van der Waals surface area (Å²) in [5.74, 6) is 0.257. The lowest BCUT2D eigenvalue weighted by molar-refractivity contribution is 0.464. The normalized spacial score (nSPS) is 10.8. The van der Waals surface area contributed by atoms with Gasteiger partial charge in [0.15, 0.2) is 0 Å². The van der Waals surface area contributed by atoms with Crippen LogP contribution in [0.2, 0.25) is 5.15 Å². The molecule has 0 bridgehead atoms. The van der Waals surface area contributed by atoms with E-state index in [9.17, 15) is 5.11 Å². The first-order valence-electron chi connectivity index (χ1n) is 5.89. The van der Waals surface area contributed by atoms with Crippen molar-refractivity contribution >= 4 is 11.6 Å². The van der Waals surface area contributed by atoms with Crippen LogP contribution in [0.1, 0.15) is 17.5 Å². The van der Waals surface area contributed by atoms with Crippen LogP contribution in [0, 0.1) is 0 Å². The molecule has 0 aliphatic heterocycles. The van der Waals surface area contributed by atoms with Crippen molar-refractivity contribution < 1.29 is 5.11 Å². The average molecular weight is 266 g/mol. The number of rotatable bonds is 5. The summed E-state index contributed by atoms with van der Waals surface area (Å²) in [6.45, 7) is 1.11. The first-order chi connectivity index (χ1) is 8.72. The number of aromatic hydroxyl groups is 1. The zero-order valence-electron chi connectivity index (χ0n) is 10.0. The fraction of sp³-hybridized carbons (Fsp3) is 0.308. The topological polar surface area (TPSA) is 64.1 Å². The molecule has 0 amide bonds. The molecule has 2 rings (SSSR count). The molecule has 0 atom stereocenters. The number of aromatic nitrogens is 2. The molecule has 18 heavy (non-hydrogen) atoms. The van der Waals surface area contributed by atoms with Gasteiger partial charge < -0.3 is 10.8 Å². The molecule has 5 heteroatoms. The van der Waals surface area contributed by atoms with E-state index in [1.807, 2.05) is 12.1 Å². The predicted octanol–water partition coefficient (Wildman–Crippen LogP) is 2.18. The van der Waals surface area contributed by atoms with Crippen LogP contribution in [0.3, 0.4) is 0 Å². The SMILES string of the molecule is NCCCc1cnn(Cc2ccccc2O)c1Cl. The van der Waals surface area contributed by atoms with Crippen LogP contribution >= 0.6 is 11.6 Å². The van der Waals surface area contributed by atoms with Gasteiger partial charge in [0.25, 0.3) is 0 Å². The van der Waals surface area contributed by atoms with E-state index in [4.69, 9.17) is 17.3 Å². The second kappa shape index (κ2) is 5.89. The first-order valence-corrected chi connectivity index (χ1v) is 6.27. The quantitative estimate of drug-likeness (QED) is 0.871. The Morgan fingerprint density at radius 2 is 2.06 bits per heavy atom. The van der Waals surface area contributed by atoms with Crippen molar-refractivity contribution in [3.8, 4) is 5.75 Å². The van der Waals surface area contributed by atoms with Gasteiger partial charge in [0, 0.05) is 11.1 Å². The smallest absolute Gasteiger partial charge is 0.130 e. The lowest BCUT2D eigenvalue weighted by atomic mass is 10.2. The van der Waals surface area contributed by atoms with Gasteiger partial charge in [0.1, 0.15) is 10.9 Å². The van der Waals surface area contributed by atoms with Crippen LogP contribution in [-0.4, -0.2) is 21.4 Å². The molecule has 1 aromatic carbocycles. The molecule has 3 N–H and O–H groups in total. The van der Waals surface area contributed by atoms with Gasteiger partial charge in [0.2, 0.25) is 0 Å². The average Bonchev–Trinajstić information content (AvgIpc) is 2.71. The molecule has 0 saturated carbocycles. The van der Waals surface area contributed by atoms with Gasteiger partial charge in [-0.2, -0.15) is 5.10 Å². The highest BCUT2D eigenvalue weighted by atomic mass is 35.5. The summed E-state index contributed by atoms with van der Waals surface area (Å²) in [6.07, 6.45) is 3.48. The zero-order valence-corrected chi connectivity index (χ0v) is 10.8. The number of hydrogen-bond acceptors (Lipinski definition) is 3. The van der Waals surface area contributed by atoms with E-state index in [0.717, 1.165) is 24.0 Å². The summed E-state index contributed by atoms with van der Waals surface area (Å²) >= 11 is 6.24. The molecule has 0 aliphatic carbocycles. The number of hydrogen-bond donors (Lipinski definition) is 2. The van der Waals surface area contributed by atoms with E-state index in [1.54, 1.807) is 23.0 Å². The number of phenolic OH excluding ortho intramolecular Hbond substituents is 1. The maximum absolute atomic E-state index is 9.71.